The van der Waals surface area contributed by atoms with Crippen LogP contribution in [0, 0.1) is 12.8 Å². The zero-order valence-corrected chi connectivity index (χ0v) is 13.8. The summed E-state index contributed by atoms with van der Waals surface area (Å²) in [5.41, 5.74) is 2.72. The van der Waals surface area contributed by atoms with Crippen LogP contribution < -0.4 is 5.14 Å². The number of carbonyl (C=O) groups is 1. The molecular weight excluding hydrogens is 312 g/mol. The van der Waals surface area contributed by atoms with E-state index in [1.54, 1.807) is 17.5 Å². The number of nitrogens with two attached hydrogens (primary N) is 1. The van der Waals surface area contributed by atoms with Gasteiger partial charge in [0.15, 0.2) is 0 Å². The maximum absolute atomic E-state index is 12.4. The highest BCUT2D eigenvalue weighted by Gasteiger charge is 2.30. The molecule has 0 bridgehead atoms. The molecule has 0 aromatic carbocycles. The SMILES string of the molecule is Cc1ncsc1CN(C)C(=O)C1CCN(S(N)(=O)=O)CC1. The van der Waals surface area contributed by atoms with Crippen molar-refractivity contribution < 1.29 is 13.2 Å². The predicted molar refractivity (Wildman–Crippen MR) is 80.7 cm³/mol. The highest BCUT2D eigenvalue weighted by molar-refractivity contribution is 7.86. The van der Waals surface area contributed by atoms with Gasteiger partial charge in [-0.1, -0.05) is 0 Å². The Morgan fingerprint density at radius 3 is 2.62 bits per heavy atom. The Morgan fingerprint density at radius 1 is 1.52 bits per heavy atom. The van der Waals surface area contributed by atoms with Crippen LogP contribution in [0.1, 0.15) is 23.4 Å². The number of amides is 1. The van der Waals surface area contributed by atoms with Gasteiger partial charge in [0.25, 0.3) is 10.2 Å². The minimum Gasteiger partial charge on any atom is -0.340 e. The lowest BCUT2D eigenvalue weighted by Crippen LogP contribution is -2.45. The third-order valence-electron chi connectivity index (χ3n) is 3.76. The Kier molecular flexibility index (Phi) is 4.97. The summed E-state index contributed by atoms with van der Waals surface area (Å²) in [4.78, 5) is 19.3. The molecule has 21 heavy (non-hydrogen) atoms. The van der Waals surface area contributed by atoms with Crippen molar-refractivity contribution in [1.82, 2.24) is 14.2 Å². The quantitative estimate of drug-likeness (QED) is 0.859. The number of carbonyl (C=O) groups excluding carboxylic acids is 1. The van der Waals surface area contributed by atoms with Crippen LogP contribution in [0.3, 0.4) is 0 Å². The molecule has 0 saturated carbocycles. The molecule has 2 rings (SSSR count). The van der Waals surface area contributed by atoms with Gasteiger partial charge in [0, 0.05) is 30.9 Å². The van der Waals surface area contributed by atoms with Crippen LogP contribution in [0.2, 0.25) is 0 Å². The van der Waals surface area contributed by atoms with Gasteiger partial charge in [0.1, 0.15) is 0 Å². The molecule has 1 aromatic heterocycles. The van der Waals surface area contributed by atoms with Gasteiger partial charge in [-0.05, 0) is 19.8 Å². The summed E-state index contributed by atoms with van der Waals surface area (Å²) >= 11 is 1.54. The van der Waals surface area contributed by atoms with Crippen LogP contribution in [0.25, 0.3) is 0 Å². The van der Waals surface area contributed by atoms with Crippen LogP contribution in [0.4, 0.5) is 0 Å². The summed E-state index contributed by atoms with van der Waals surface area (Å²) in [6.45, 7) is 3.09. The third-order valence-corrected chi connectivity index (χ3v) is 5.77. The zero-order chi connectivity index (χ0) is 15.6. The van der Waals surface area contributed by atoms with E-state index < -0.39 is 10.2 Å². The topological polar surface area (TPSA) is 96.6 Å². The van der Waals surface area contributed by atoms with Crippen molar-refractivity contribution in [2.75, 3.05) is 20.1 Å². The van der Waals surface area contributed by atoms with Crippen molar-refractivity contribution in [3.63, 3.8) is 0 Å². The summed E-state index contributed by atoms with van der Waals surface area (Å²) < 4.78 is 23.7. The van der Waals surface area contributed by atoms with Crippen LogP contribution in [-0.2, 0) is 21.5 Å². The van der Waals surface area contributed by atoms with Crippen LogP contribution in [0.15, 0.2) is 5.51 Å². The van der Waals surface area contributed by atoms with Crippen molar-refractivity contribution in [1.29, 1.82) is 0 Å². The van der Waals surface area contributed by atoms with E-state index in [1.807, 2.05) is 6.92 Å². The molecule has 1 saturated heterocycles. The smallest absolute Gasteiger partial charge is 0.276 e. The number of nitrogens with zero attached hydrogens (tertiary/aromatic N) is 3. The monoisotopic (exact) mass is 332 g/mol. The molecule has 1 amide bonds. The molecule has 1 aliphatic rings. The molecule has 2 heterocycles. The van der Waals surface area contributed by atoms with Gasteiger partial charge in [-0.15, -0.1) is 11.3 Å². The molecule has 1 aromatic rings. The average molecular weight is 332 g/mol. The van der Waals surface area contributed by atoms with Gasteiger partial charge < -0.3 is 4.90 Å². The summed E-state index contributed by atoms with van der Waals surface area (Å²) in [5, 5.41) is 5.10. The Hall–Kier alpha value is -1.03. The lowest BCUT2D eigenvalue weighted by molar-refractivity contribution is -0.135. The first-order valence-corrected chi connectivity index (χ1v) is 9.09. The molecule has 0 aliphatic carbocycles. The van der Waals surface area contributed by atoms with Crippen molar-refractivity contribution in [2.45, 2.75) is 26.3 Å². The van der Waals surface area contributed by atoms with E-state index >= 15 is 0 Å². The third kappa shape index (κ3) is 4.00. The van der Waals surface area contributed by atoms with Gasteiger partial charge in [0.05, 0.1) is 17.7 Å². The number of rotatable bonds is 4. The minimum absolute atomic E-state index is 0.0527. The number of thiazole rings is 1. The molecular formula is C12H20N4O3S2. The van der Waals surface area contributed by atoms with Crippen molar-refractivity contribution in [2.24, 2.45) is 11.1 Å². The Labute approximate surface area is 128 Å². The van der Waals surface area contributed by atoms with Gasteiger partial charge in [-0.3, -0.25) is 4.79 Å². The number of aryl methyl sites for hydroxylation is 1. The van der Waals surface area contributed by atoms with E-state index in [2.05, 4.69) is 4.98 Å². The number of hydrogen-bond acceptors (Lipinski definition) is 5. The molecule has 0 spiro atoms. The molecule has 0 atom stereocenters. The molecule has 7 nitrogen and oxygen atoms in total. The first kappa shape index (κ1) is 16.3. The molecule has 0 unspecified atom stereocenters. The van der Waals surface area contributed by atoms with E-state index in [9.17, 15) is 13.2 Å². The van der Waals surface area contributed by atoms with Crippen LogP contribution >= 0.6 is 11.3 Å². The normalized spacial score (nSPS) is 17.9. The molecule has 2 N–H and O–H groups in total. The predicted octanol–water partition coefficient (Wildman–Crippen LogP) is 0.325. The molecule has 118 valence electrons. The van der Waals surface area contributed by atoms with Crippen molar-refractivity contribution in [3.05, 3.63) is 16.1 Å². The Morgan fingerprint density at radius 2 is 2.14 bits per heavy atom. The Balaban J connectivity index is 1.91. The van der Waals surface area contributed by atoms with E-state index in [-0.39, 0.29) is 11.8 Å². The standard InChI is InChI=1S/C12H20N4O3S2/c1-9-11(20-8-14-9)7-15(2)12(17)10-3-5-16(6-4-10)21(13,18)19/h8,10H,3-7H2,1-2H3,(H2,13,18,19). The molecule has 0 radical (unpaired) electrons. The lowest BCUT2D eigenvalue weighted by atomic mass is 9.96. The van der Waals surface area contributed by atoms with E-state index in [0.29, 0.717) is 32.5 Å². The summed E-state index contributed by atoms with van der Waals surface area (Å²) in [6, 6.07) is 0. The fourth-order valence-electron chi connectivity index (χ4n) is 2.44. The second-order valence-corrected chi connectivity index (χ2v) is 7.76. The van der Waals surface area contributed by atoms with Gasteiger partial charge in [0.2, 0.25) is 5.91 Å². The molecule has 1 fully saturated rings. The largest absolute Gasteiger partial charge is 0.340 e. The first-order valence-electron chi connectivity index (χ1n) is 6.71. The average Bonchev–Trinajstić information content (AvgIpc) is 2.82. The molecule has 1 aliphatic heterocycles. The van der Waals surface area contributed by atoms with Gasteiger partial charge in [-0.25, -0.2) is 10.1 Å². The Bertz CT molecular complexity index is 606. The van der Waals surface area contributed by atoms with Crippen molar-refractivity contribution in [3.8, 4) is 0 Å². The fourth-order valence-corrected chi connectivity index (χ4v) is 3.99. The van der Waals surface area contributed by atoms with E-state index in [0.717, 1.165) is 10.6 Å². The van der Waals surface area contributed by atoms with Crippen LogP contribution in [0.5, 0.6) is 0 Å². The summed E-state index contributed by atoms with van der Waals surface area (Å²) in [7, 11) is -1.87. The zero-order valence-electron chi connectivity index (χ0n) is 12.2. The van der Waals surface area contributed by atoms with Crippen molar-refractivity contribution >= 4 is 27.5 Å². The number of hydrogen-bond donors (Lipinski definition) is 1. The second-order valence-electron chi connectivity index (χ2n) is 5.27. The van der Waals surface area contributed by atoms with E-state index in [4.69, 9.17) is 5.14 Å². The highest BCUT2D eigenvalue weighted by Crippen LogP contribution is 2.22. The summed E-state index contributed by atoms with van der Waals surface area (Å²) in [6.07, 6.45) is 1.03. The van der Waals surface area contributed by atoms with Gasteiger partial charge >= 0.3 is 0 Å². The first-order chi connectivity index (χ1) is 9.79. The molecule has 9 heteroatoms. The second kappa shape index (κ2) is 6.39. The maximum atomic E-state index is 12.4. The number of piperidine rings is 1. The van der Waals surface area contributed by atoms with Crippen LogP contribution in [-0.4, -0.2) is 48.7 Å². The van der Waals surface area contributed by atoms with E-state index in [1.165, 1.54) is 15.6 Å². The summed E-state index contributed by atoms with van der Waals surface area (Å²) in [5.74, 6) is -0.0851. The maximum Gasteiger partial charge on any atom is 0.276 e. The fraction of sp³-hybridized carbons (Fsp3) is 0.667. The lowest BCUT2D eigenvalue weighted by Gasteiger charge is -2.31. The van der Waals surface area contributed by atoms with Gasteiger partial charge in [-0.2, -0.15) is 12.7 Å². The number of aromatic nitrogens is 1. The minimum atomic E-state index is -3.64. The highest BCUT2D eigenvalue weighted by atomic mass is 32.2.